The number of nitrogens with zero attached hydrogens (tertiary/aromatic N) is 2. The van der Waals surface area contributed by atoms with Crippen molar-refractivity contribution >= 4 is 11.5 Å². The van der Waals surface area contributed by atoms with Crippen LogP contribution in [0.1, 0.15) is 0 Å². The lowest BCUT2D eigenvalue weighted by atomic mass is 10.1. The van der Waals surface area contributed by atoms with Crippen LogP contribution in [0.4, 0.5) is 15.9 Å². The zero-order valence-electron chi connectivity index (χ0n) is 9.07. The summed E-state index contributed by atoms with van der Waals surface area (Å²) in [4.78, 5) is 1.80. The summed E-state index contributed by atoms with van der Waals surface area (Å²) in [5.41, 5.74) is 6.54. The molecule has 1 aromatic carbocycles. The highest BCUT2D eigenvalue weighted by molar-refractivity contribution is 5.76. The Morgan fingerprint density at radius 2 is 2.12 bits per heavy atom. The van der Waals surface area contributed by atoms with Crippen molar-refractivity contribution in [2.75, 3.05) is 24.7 Å². The molecule has 0 bridgehead atoms. The van der Waals surface area contributed by atoms with Crippen LogP contribution in [0.25, 0.3) is 11.3 Å². The zero-order valence-corrected chi connectivity index (χ0v) is 9.07. The largest absolute Gasteiger partial charge is 0.381 e. The maximum absolute atomic E-state index is 13.8. The van der Waals surface area contributed by atoms with E-state index in [1.54, 1.807) is 17.0 Å². The minimum atomic E-state index is -0.359. The van der Waals surface area contributed by atoms with Crippen molar-refractivity contribution in [2.45, 2.75) is 0 Å². The van der Waals surface area contributed by atoms with E-state index in [1.807, 2.05) is 14.1 Å². The first-order chi connectivity index (χ1) is 7.59. The molecule has 84 valence electrons. The van der Waals surface area contributed by atoms with E-state index in [4.69, 9.17) is 10.3 Å². The number of hydrogen-bond donors (Lipinski definition) is 1. The lowest BCUT2D eigenvalue weighted by molar-refractivity contribution is 0.433. The monoisotopic (exact) mass is 221 g/mol. The van der Waals surface area contributed by atoms with Crippen LogP contribution in [0.2, 0.25) is 0 Å². The molecule has 0 aliphatic heterocycles. The maximum Gasteiger partial charge on any atom is 0.174 e. The second-order valence-electron chi connectivity index (χ2n) is 3.64. The number of anilines is 2. The first-order valence-electron chi connectivity index (χ1n) is 4.78. The molecule has 16 heavy (non-hydrogen) atoms. The van der Waals surface area contributed by atoms with Gasteiger partial charge in [0, 0.05) is 20.2 Å². The van der Waals surface area contributed by atoms with Crippen molar-refractivity contribution in [2.24, 2.45) is 0 Å². The standard InChI is InChI=1S/C11H12FN3O/c1-15(2)8-5-3-4-7(12)11(8)9-6-10(13)14-16-9/h3-6H,1-2H3,(H2,13,14). The minimum Gasteiger partial charge on any atom is -0.381 e. The maximum atomic E-state index is 13.8. The summed E-state index contributed by atoms with van der Waals surface area (Å²) >= 11 is 0. The van der Waals surface area contributed by atoms with Gasteiger partial charge in [0.15, 0.2) is 11.6 Å². The van der Waals surface area contributed by atoms with Gasteiger partial charge in [-0.1, -0.05) is 11.2 Å². The molecule has 0 saturated carbocycles. The van der Waals surface area contributed by atoms with Gasteiger partial charge in [-0.25, -0.2) is 4.39 Å². The second kappa shape index (κ2) is 3.84. The van der Waals surface area contributed by atoms with Gasteiger partial charge in [-0.15, -0.1) is 0 Å². The van der Waals surface area contributed by atoms with Gasteiger partial charge in [0.2, 0.25) is 0 Å². The molecule has 0 amide bonds. The second-order valence-corrected chi connectivity index (χ2v) is 3.64. The average Bonchev–Trinajstić information content (AvgIpc) is 2.64. The molecule has 2 aromatic rings. The molecule has 0 aliphatic carbocycles. The van der Waals surface area contributed by atoms with Crippen LogP contribution in [-0.2, 0) is 0 Å². The summed E-state index contributed by atoms with van der Waals surface area (Å²) in [5, 5.41) is 3.55. The summed E-state index contributed by atoms with van der Waals surface area (Å²) < 4.78 is 18.7. The quantitative estimate of drug-likeness (QED) is 0.844. The molecule has 2 rings (SSSR count). The summed E-state index contributed by atoms with van der Waals surface area (Å²) in [7, 11) is 3.66. The van der Waals surface area contributed by atoms with E-state index in [2.05, 4.69) is 5.16 Å². The number of nitrogens with two attached hydrogens (primary N) is 1. The molecular formula is C11H12FN3O. The van der Waals surface area contributed by atoms with Crippen molar-refractivity contribution in [1.82, 2.24) is 5.16 Å². The van der Waals surface area contributed by atoms with Gasteiger partial charge in [-0.2, -0.15) is 0 Å². The van der Waals surface area contributed by atoms with Crippen LogP contribution in [0.15, 0.2) is 28.8 Å². The molecule has 1 heterocycles. The SMILES string of the molecule is CN(C)c1cccc(F)c1-c1cc(N)no1. The molecule has 0 spiro atoms. The van der Waals surface area contributed by atoms with Crippen molar-refractivity contribution in [3.63, 3.8) is 0 Å². The van der Waals surface area contributed by atoms with E-state index in [-0.39, 0.29) is 11.6 Å². The third-order valence-corrected chi connectivity index (χ3v) is 2.25. The Balaban J connectivity index is 2.62. The highest BCUT2D eigenvalue weighted by Gasteiger charge is 2.16. The lowest BCUT2D eigenvalue weighted by Gasteiger charge is -2.16. The molecular weight excluding hydrogens is 209 g/mol. The fraction of sp³-hybridized carbons (Fsp3) is 0.182. The molecule has 2 N–H and O–H groups in total. The fourth-order valence-corrected chi connectivity index (χ4v) is 1.54. The third-order valence-electron chi connectivity index (χ3n) is 2.25. The molecule has 0 fully saturated rings. The van der Waals surface area contributed by atoms with E-state index in [1.165, 1.54) is 12.1 Å². The molecule has 4 nitrogen and oxygen atoms in total. The van der Waals surface area contributed by atoms with Crippen LogP contribution < -0.4 is 10.6 Å². The van der Waals surface area contributed by atoms with Gasteiger partial charge in [-0.05, 0) is 12.1 Å². The average molecular weight is 221 g/mol. The Bertz CT molecular complexity index is 508. The number of hydrogen-bond acceptors (Lipinski definition) is 4. The van der Waals surface area contributed by atoms with Crippen LogP contribution in [0, 0.1) is 5.82 Å². The van der Waals surface area contributed by atoms with E-state index in [0.717, 1.165) is 5.69 Å². The van der Waals surface area contributed by atoms with Crippen molar-refractivity contribution in [1.29, 1.82) is 0 Å². The Kier molecular flexibility index (Phi) is 2.52. The van der Waals surface area contributed by atoms with Gasteiger partial charge in [0.25, 0.3) is 0 Å². The third kappa shape index (κ3) is 1.71. The van der Waals surface area contributed by atoms with E-state index in [0.29, 0.717) is 11.3 Å². The number of aromatic nitrogens is 1. The van der Waals surface area contributed by atoms with Gasteiger partial charge in [0.05, 0.1) is 11.3 Å². The van der Waals surface area contributed by atoms with Crippen molar-refractivity contribution in [3.8, 4) is 11.3 Å². The number of rotatable bonds is 2. The predicted molar refractivity (Wildman–Crippen MR) is 60.6 cm³/mol. The number of benzene rings is 1. The zero-order chi connectivity index (χ0) is 11.7. The van der Waals surface area contributed by atoms with E-state index >= 15 is 0 Å². The fourth-order valence-electron chi connectivity index (χ4n) is 1.54. The highest BCUT2D eigenvalue weighted by Crippen LogP contribution is 2.33. The smallest absolute Gasteiger partial charge is 0.174 e. The highest BCUT2D eigenvalue weighted by atomic mass is 19.1. The predicted octanol–water partition coefficient (Wildman–Crippen LogP) is 2.13. The number of nitrogen functional groups attached to an aromatic ring is 1. The Hall–Kier alpha value is -2.04. The molecule has 5 heteroatoms. The first kappa shape index (κ1) is 10.5. The molecule has 0 saturated heterocycles. The summed E-state index contributed by atoms with van der Waals surface area (Å²) in [6, 6.07) is 6.33. The minimum absolute atomic E-state index is 0.239. The van der Waals surface area contributed by atoms with Crippen molar-refractivity contribution in [3.05, 3.63) is 30.1 Å². The molecule has 0 atom stereocenters. The van der Waals surface area contributed by atoms with Crippen LogP contribution in [0.5, 0.6) is 0 Å². The van der Waals surface area contributed by atoms with Crippen molar-refractivity contribution < 1.29 is 8.91 Å². The van der Waals surface area contributed by atoms with Crippen LogP contribution in [0.3, 0.4) is 0 Å². The first-order valence-corrected chi connectivity index (χ1v) is 4.78. The van der Waals surface area contributed by atoms with Crippen LogP contribution >= 0.6 is 0 Å². The Morgan fingerprint density at radius 3 is 2.69 bits per heavy atom. The van der Waals surface area contributed by atoms with Gasteiger partial charge in [-0.3, -0.25) is 0 Å². The lowest BCUT2D eigenvalue weighted by Crippen LogP contribution is -2.10. The van der Waals surface area contributed by atoms with Crippen LogP contribution in [-0.4, -0.2) is 19.3 Å². The molecule has 1 aromatic heterocycles. The Labute approximate surface area is 92.4 Å². The normalized spacial score (nSPS) is 10.4. The van der Waals surface area contributed by atoms with Gasteiger partial charge in [0.1, 0.15) is 5.82 Å². The summed E-state index contributed by atoms with van der Waals surface area (Å²) in [6.45, 7) is 0. The topological polar surface area (TPSA) is 55.3 Å². The van der Waals surface area contributed by atoms with Gasteiger partial charge >= 0.3 is 0 Å². The molecule has 0 aliphatic rings. The summed E-state index contributed by atoms with van der Waals surface area (Å²) in [6.07, 6.45) is 0. The molecule has 0 unspecified atom stereocenters. The van der Waals surface area contributed by atoms with E-state index < -0.39 is 0 Å². The van der Waals surface area contributed by atoms with E-state index in [9.17, 15) is 4.39 Å². The number of halogens is 1. The molecule has 0 radical (unpaired) electrons. The summed E-state index contributed by atoms with van der Waals surface area (Å²) in [5.74, 6) is 0.213. The van der Waals surface area contributed by atoms with Gasteiger partial charge < -0.3 is 15.2 Å². The Morgan fingerprint density at radius 1 is 1.38 bits per heavy atom.